The molecule has 2 saturated heterocycles. The minimum Gasteiger partial charge on any atom is -0.478 e. The van der Waals surface area contributed by atoms with Gasteiger partial charge in [-0.15, -0.1) is 0 Å². The molecule has 45 heavy (non-hydrogen) atoms. The molecule has 2 unspecified atom stereocenters. The number of carboxylic acids is 1. The summed E-state index contributed by atoms with van der Waals surface area (Å²) >= 11 is 12.2. The van der Waals surface area contributed by atoms with Gasteiger partial charge in [0.2, 0.25) is 5.91 Å². The molecule has 0 aromatic heterocycles. The second-order valence-electron chi connectivity index (χ2n) is 12.4. The number of rotatable bonds is 5. The lowest BCUT2D eigenvalue weighted by atomic mass is 9.62. The van der Waals surface area contributed by atoms with Crippen LogP contribution < -0.4 is 4.90 Å². The van der Waals surface area contributed by atoms with Gasteiger partial charge in [-0.1, -0.05) is 62.2 Å². The second kappa shape index (κ2) is 11.3. The number of carbonyl (C=O) groups excluding carboxylic acids is 1. The minimum atomic E-state index is -5.05. The van der Waals surface area contributed by atoms with Gasteiger partial charge in [0.15, 0.2) is 0 Å². The van der Waals surface area contributed by atoms with E-state index < -0.39 is 69.6 Å². The van der Waals surface area contributed by atoms with Crippen molar-refractivity contribution in [3.05, 3.63) is 98.5 Å². The Labute approximate surface area is 265 Å². The molecule has 13 heteroatoms. The van der Waals surface area contributed by atoms with Crippen molar-refractivity contribution in [3.63, 3.8) is 0 Å². The normalized spacial score (nSPS) is 23.7. The molecule has 6 nitrogen and oxygen atoms in total. The van der Waals surface area contributed by atoms with Crippen LogP contribution in [-0.4, -0.2) is 40.6 Å². The van der Waals surface area contributed by atoms with Gasteiger partial charge in [0.25, 0.3) is 0 Å². The Hall–Kier alpha value is -3.72. The SMILES string of the molecule is CC(C)(C)CC1N2CN(c3ccc(C(=O)O)c(C(F)(F)F)c3)C(=O)[C@H]2C(c2cccc(Cl)c2F)[C@@]1(C#N)c1ccc(Cl)cc1F. The standard InChI is InChI=1S/C32H26Cl2F5N3O3/c1-30(2,3)13-24-31(14-40,20-10-7-16(33)11-23(20)35)25(19-5-4-6-22(34)26(19)36)27-28(43)41(15-42(24)27)17-8-9-18(29(44)45)21(12-17)32(37,38)39/h4-12,24-25,27H,13,15H2,1-3H3,(H,44,45)/t24?,25?,27-,31+/m1/s1. The molecule has 0 radical (unpaired) electrons. The molecular weight excluding hydrogens is 640 g/mol. The fourth-order valence-electron chi connectivity index (χ4n) is 6.71. The van der Waals surface area contributed by atoms with Gasteiger partial charge < -0.3 is 5.11 Å². The first-order valence-corrected chi connectivity index (χ1v) is 14.5. The highest BCUT2D eigenvalue weighted by Gasteiger charge is 2.67. The van der Waals surface area contributed by atoms with Crippen molar-refractivity contribution in [1.29, 1.82) is 5.26 Å². The average Bonchev–Trinajstić information content (AvgIpc) is 3.40. The van der Waals surface area contributed by atoms with Crippen LogP contribution in [0.3, 0.4) is 0 Å². The van der Waals surface area contributed by atoms with E-state index in [2.05, 4.69) is 6.07 Å². The number of amides is 1. The van der Waals surface area contributed by atoms with E-state index in [9.17, 15) is 33.1 Å². The van der Waals surface area contributed by atoms with E-state index >= 15 is 8.78 Å². The average molecular weight is 666 g/mol. The Morgan fingerprint density at radius 1 is 1.09 bits per heavy atom. The van der Waals surface area contributed by atoms with Gasteiger partial charge in [-0.2, -0.15) is 18.4 Å². The Morgan fingerprint density at radius 3 is 2.36 bits per heavy atom. The summed E-state index contributed by atoms with van der Waals surface area (Å²) < 4.78 is 73.5. The molecule has 4 atom stereocenters. The Kier molecular flexibility index (Phi) is 8.18. The molecule has 2 fully saturated rings. The number of carbonyl (C=O) groups is 2. The number of alkyl halides is 3. The number of fused-ring (bicyclic) bond motifs is 1. The number of nitriles is 1. The summed E-state index contributed by atoms with van der Waals surface area (Å²) in [5.74, 6) is -5.72. The number of benzene rings is 3. The summed E-state index contributed by atoms with van der Waals surface area (Å²) in [6.45, 7) is 5.26. The maximum atomic E-state index is 15.9. The third-order valence-electron chi connectivity index (χ3n) is 8.45. The molecule has 0 saturated carbocycles. The van der Waals surface area contributed by atoms with Crippen LogP contribution in [0.5, 0.6) is 0 Å². The van der Waals surface area contributed by atoms with E-state index in [1.165, 1.54) is 30.3 Å². The smallest absolute Gasteiger partial charge is 0.417 e. The van der Waals surface area contributed by atoms with E-state index in [-0.39, 0.29) is 39.9 Å². The van der Waals surface area contributed by atoms with Crippen LogP contribution in [0.25, 0.3) is 0 Å². The first kappa shape index (κ1) is 32.7. The van der Waals surface area contributed by atoms with Crippen LogP contribution in [0.2, 0.25) is 10.0 Å². The molecular formula is C32H26Cl2F5N3O3. The lowest BCUT2D eigenvalue weighted by Crippen LogP contribution is -2.48. The Bertz CT molecular complexity index is 1750. The van der Waals surface area contributed by atoms with Crippen molar-refractivity contribution in [2.24, 2.45) is 5.41 Å². The van der Waals surface area contributed by atoms with Crippen molar-refractivity contribution < 1.29 is 36.6 Å². The zero-order valence-corrected chi connectivity index (χ0v) is 25.6. The van der Waals surface area contributed by atoms with E-state index in [0.29, 0.717) is 6.07 Å². The third-order valence-corrected chi connectivity index (χ3v) is 8.98. The van der Waals surface area contributed by atoms with E-state index in [4.69, 9.17) is 23.2 Å². The molecule has 0 bridgehead atoms. The quantitative estimate of drug-likeness (QED) is 0.279. The van der Waals surface area contributed by atoms with E-state index in [0.717, 1.165) is 23.1 Å². The monoisotopic (exact) mass is 665 g/mol. The van der Waals surface area contributed by atoms with Crippen LogP contribution in [-0.2, 0) is 16.4 Å². The topological polar surface area (TPSA) is 84.6 Å². The molecule has 1 N–H and O–H groups in total. The predicted molar refractivity (Wildman–Crippen MR) is 157 cm³/mol. The van der Waals surface area contributed by atoms with Gasteiger partial charge in [0, 0.05) is 28.2 Å². The predicted octanol–water partition coefficient (Wildman–Crippen LogP) is 8.03. The van der Waals surface area contributed by atoms with Crippen molar-refractivity contribution >= 4 is 40.8 Å². The number of carboxylic acid groups (broad SMARTS) is 1. The molecule has 0 aliphatic carbocycles. The van der Waals surface area contributed by atoms with Crippen LogP contribution >= 0.6 is 23.2 Å². The van der Waals surface area contributed by atoms with Crippen LogP contribution in [0.15, 0.2) is 54.6 Å². The highest BCUT2D eigenvalue weighted by atomic mass is 35.5. The second-order valence-corrected chi connectivity index (χ2v) is 13.2. The number of hydrogen-bond donors (Lipinski definition) is 1. The van der Waals surface area contributed by atoms with Gasteiger partial charge in [-0.25, -0.2) is 13.6 Å². The first-order valence-electron chi connectivity index (χ1n) is 13.7. The van der Waals surface area contributed by atoms with Crippen molar-refractivity contribution in [2.75, 3.05) is 11.6 Å². The summed E-state index contributed by atoms with van der Waals surface area (Å²) in [6, 6.07) is 10.2. The summed E-state index contributed by atoms with van der Waals surface area (Å²) in [5, 5.41) is 20.1. The molecule has 3 aromatic carbocycles. The van der Waals surface area contributed by atoms with Gasteiger partial charge in [-0.3, -0.25) is 14.6 Å². The lowest BCUT2D eigenvalue weighted by molar-refractivity contribution is -0.138. The van der Waals surface area contributed by atoms with Crippen LogP contribution in [0.4, 0.5) is 27.6 Å². The number of hydrogen-bond acceptors (Lipinski definition) is 4. The lowest BCUT2D eigenvalue weighted by Gasteiger charge is -2.40. The number of halogens is 7. The molecule has 0 spiro atoms. The van der Waals surface area contributed by atoms with Crippen molar-refractivity contribution in [3.8, 4) is 6.07 Å². The van der Waals surface area contributed by atoms with Gasteiger partial charge >= 0.3 is 12.1 Å². The van der Waals surface area contributed by atoms with Crippen LogP contribution in [0, 0.1) is 28.4 Å². The Balaban J connectivity index is 1.78. The zero-order chi connectivity index (χ0) is 33.2. The van der Waals surface area contributed by atoms with Crippen molar-refractivity contribution in [2.45, 2.75) is 56.8 Å². The van der Waals surface area contributed by atoms with Crippen molar-refractivity contribution in [1.82, 2.24) is 4.90 Å². The molecule has 2 heterocycles. The number of anilines is 1. The fraction of sp³-hybridized carbons (Fsp3) is 0.344. The summed E-state index contributed by atoms with van der Waals surface area (Å²) in [7, 11) is 0. The van der Waals surface area contributed by atoms with Gasteiger partial charge in [0.1, 0.15) is 23.1 Å². The zero-order valence-electron chi connectivity index (χ0n) is 24.1. The highest BCUT2D eigenvalue weighted by molar-refractivity contribution is 6.31. The maximum absolute atomic E-state index is 15.9. The first-order chi connectivity index (χ1) is 20.9. The minimum absolute atomic E-state index is 0.0493. The molecule has 236 valence electrons. The summed E-state index contributed by atoms with van der Waals surface area (Å²) in [4.78, 5) is 28.5. The third kappa shape index (κ3) is 5.43. The molecule has 5 rings (SSSR count). The molecule has 2 aliphatic rings. The fourth-order valence-corrected chi connectivity index (χ4v) is 7.05. The van der Waals surface area contributed by atoms with E-state index in [1.54, 1.807) is 4.90 Å². The summed E-state index contributed by atoms with van der Waals surface area (Å²) in [6.07, 6.45) is -4.86. The van der Waals surface area contributed by atoms with Crippen LogP contribution in [0.1, 0.15) is 60.2 Å². The highest BCUT2D eigenvalue weighted by Crippen LogP contribution is 2.58. The summed E-state index contributed by atoms with van der Waals surface area (Å²) in [5.41, 5.74) is -5.37. The van der Waals surface area contributed by atoms with Gasteiger partial charge in [0.05, 0.1) is 28.9 Å². The molecule has 2 aliphatic heterocycles. The van der Waals surface area contributed by atoms with E-state index in [1.807, 2.05) is 20.8 Å². The Morgan fingerprint density at radius 2 is 1.78 bits per heavy atom. The molecule has 3 aromatic rings. The number of aromatic carboxylic acids is 1. The number of nitrogens with zero attached hydrogens (tertiary/aromatic N) is 3. The molecule has 1 amide bonds. The maximum Gasteiger partial charge on any atom is 0.417 e. The van der Waals surface area contributed by atoms with Gasteiger partial charge in [-0.05, 0) is 53.8 Å². The largest absolute Gasteiger partial charge is 0.478 e.